The van der Waals surface area contributed by atoms with Crippen molar-refractivity contribution in [1.29, 1.82) is 0 Å². The number of carboxylic acids is 1. The summed E-state index contributed by atoms with van der Waals surface area (Å²) in [7, 11) is 0. The van der Waals surface area contributed by atoms with Crippen molar-refractivity contribution in [2.75, 3.05) is 5.32 Å². The molecule has 0 fully saturated rings. The molecule has 14 heavy (non-hydrogen) atoms. The summed E-state index contributed by atoms with van der Waals surface area (Å²) in [5, 5.41) is 11.8. The van der Waals surface area contributed by atoms with Crippen molar-refractivity contribution >= 4 is 11.7 Å². The molecule has 1 aliphatic heterocycles. The van der Waals surface area contributed by atoms with E-state index in [0.29, 0.717) is 6.42 Å². The third kappa shape index (κ3) is 1.87. The lowest BCUT2D eigenvalue weighted by Crippen LogP contribution is -2.33. The van der Waals surface area contributed by atoms with Crippen molar-refractivity contribution in [2.45, 2.75) is 26.3 Å². The van der Waals surface area contributed by atoms with Gasteiger partial charge in [0.25, 0.3) is 0 Å². The van der Waals surface area contributed by atoms with Crippen molar-refractivity contribution in [2.24, 2.45) is 0 Å². The van der Waals surface area contributed by atoms with Gasteiger partial charge in [0.15, 0.2) is 0 Å². The van der Waals surface area contributed by atoms with Gasteiger partial charge in [-0.3, -0.25) is 0 Å². The summed E-state index contributed by atoms with van der Waals surface area (Å²) in [6.45, 7) is 0. The Morgan fingerprint density at radius 3 is 2.86 bits per heavy atom. The molecule has 0 amide bonds. The number of rotatable bonds is 1. The Labute approximate surface area is 83.8 Å². The highest BCUT2D eigenvalue weighted by Crippen LogP contribution is 2.23. The van der Waals surface area contributed by atoms with Crippen LogP contribution in [0.5, 0.6) is 0 Å². The molecule has 3 nitrogen and oxygen atoms in total. The molecule has 1 unspecified atom stereocenters. The second kappa shape index (κ2) is 4.13. The molecule has 0 aliphatic carbocycles. The van der Waals surface area contributed by atoms with Gasteiger partial charge >= 0.3 is 5.97 Å². The van der Waals surface area contributed by atoms with E-state index in [1.807, 2.05) is 24.3 Å². The fraction of sp³-hybridized carbons (Fsp3) is 0.364. The van der Waals surface area contributed by atoms with Gasteiger partial charge in [0.05, 0.1) is 0 Å². The first-order valence-electron chi connectivity index (χ1n) is 4.34. The molecule has 0 bridgehead atoms. The van der Waals surface area contributed by atoms with E-state index in [9.17, 15) is 4.79 Å². The van der Waals surface area contributed by atoms with Gasteiger partial charge in [-0.25, -0.2) is 4.79 Å². The molecule has 1 heterocycles. The van der Waals surface area contributed by atoms with Gasteiger partial charge in [-0.05, 0) is 24.5 Å². The Hall–Kier alpha value is -1.51. The van der Waals surface area contributed by atoms with Crippen LogP contribution < -0.4 is 5.32 Å². The van der Waals surface area contributed by atoms with Crippen LogP contribution in [-0.4, -0.2) is 17.1 Å². The average Bonchev–Trinajstić information content (AvgIpc) is 2.17. The molecular weight excluding hydrogens is 178 g/mol. The van der Waals surface area contributed by atoms with E-state index in [0.717, 1.165) is 12.1 Å². The zero-order valence-electron chi connectivity index (χ0n) is 7.16. The van der Waals surface area contributed by atoms with Crippen LogP contribution in [0.15, 0.2) is 24.3 Å². The van der Waals surface area contributed by atoms with Gasteiger partial charge in [0, 0.05) is 5.69 Å². The van der Waals surface area contributed by atoms with Gasteiger partial charge in [-0.2, -0.15) is 0 Å². The average molecular weight is 193 g/mol. The number of anilines is 1. The molecule has 0 aromatic heterocycles. The molecule has 0 spiro atoms. The fourth-order valence-corrected chi connectivity index (χ4v) is 1.62. The van der Waals surface area contributed by atoms with E-state index in [-0.39, 0.29) is 7.43 Å². The van der Waals surface area contributed by atoms with Crippen LogP contribution in [-0.2, 0) is 11.2 Å². The van der Waals surface area contributed by atoms with Crippen LogP contribution in [0.2, 0.25) is 0 Å². The van der Waals surface area contributed by atoms with Crippen molar-refractivity contribution in [1.82, 2.24) is 0 Å². The van der Waals surface area contributed by atoms with E-state index >= 15 is 0 Å². The highest BCUT2D eigenvalue weighted by molar-refractivity contribution is 5.78. The smallest absolute Gasteiger partial charge is 0.326 e. The standard InChI is InChI=1S/C10H11NO2.CH4/c12-10(13)9-6-5-7-3-1-2-4-8(7)11-9;/h1-4,9,11H,5-6H2,(H,12,13);1H4. The lowest BCUT2D eigenvalue weighted by atomic mass is 9.98. The molecular formula is C11H15NO2. The number of hydrogen-bond donors (Lipinski definition) is 2. The monoisotopic (exact) mass is 193 g/mol. The largest absolute Gasteiger partial charge is 0.480 e. The summed E-state index contributed by atoms with van der Waals surface area (Å²) in [5.41, 5.74) is 2.17. The fourth-order valence-electron chi connectivity index (χ4n) is 1.62. The molecule has 1 aromatic carbocycles. The van der Waals surface area contributed by atoms with E-state index in [4.69, 9.17) is 5.11 Å². The van der Waals surface area contributed by atoms with Crippen molar-refractivity contribution in [3.05, 3.63) is 29.8 Å². The number of hydrogen-bond acceptors (Lipinski definition) is 2. The highest BCUT2D eigenvalue weighted by atomic mass is 16.4. The number of aryl methyl sites for hydroxylation is 1. The summed E-state index contributed by atoms with van der Waals surface area (Å²) in [4.78, 5) is 10.7. The molecule has 0 radical (unpaired) electrons. The SMILES string of the molecule is C.O=C(O)C1CCc2ccccc2N1. The normalized spacial score (nSPS) is 18.7. The molecule has 1 aliphatic rings. The maximum Gasteiger partial charge on any atom is 0.326 e. The lowest BCUT2D eigenvalue weighted by Gasteiger charge is -2.23. The number of benzene rings is 1. The summed E-state index contributed by atoms with van der Waals surface area (Å²) in [6.07, 6.45) is 1.52. The van der Waals surface area contributed by atoms with Gasteiger partial charge in [-0.1, -0.05) is 25.6 Å². The zero-order chi connectivity index (χ0) is 9.26. The Bertz CT molecular complexity index is 336. The van der Waals surface area contributed by atoms with Crippen LogP contribution in [0.3, 0.4) is 0 Å². The topological polar surface area (TPSA) is 49.3 Å². The quantitative estimate of drug-likeness (QED) is 0.718. The number of fused-ring (bicyclic) bond motifs is 1. The third-order valence-electron chi connectivity index (χ3n) is 2.35. The van der Waals surface area contributed by atoms with Crippen molar-refractivity contribution in [3.63, 3.8) is 0 Å². The van der Waals surface area contributed by atoms with Crippen LogP contribution in [0.25, 0.3) is 0 Å². The molecule has 0 saturated carbocycles. The van der Waals surface area contributed by atoms with Gasteiger partial charge in [0.2, 0.25) is 0 Å². The lowest BCUT2D eigenvalue weighted by molar-refractivity contribution is -0.138. The Morgan fingerprint density at radius 1 is 1.43 bits per heavy atom. The summed E-state index contributed by atoms with van der Waals surface area (Å²) in [5.74, 6) is -0.769. The predicted molar refractivity (Wildman–Crippen MR) is 56.5 cm³/mol. The summed E-state index contributed by atoms with van der Waals surface area (Å²) >= 11 is 0. The number of para-hydroxylation sites is 1. The molecule has 2 rings (SSSR count). The number of carboxylic acid groups (broad SMARTS) is 1. The van der Waals surface area contributed by atoms with Crippen LogP contribution in [0, 0.1) is 0 Å². The van der Waals surface area contributed by atoms with E-state index in [2.05, 4.69) is 5.32 Å². The van der Waals surface area contributed by atoms with Crippen molar-refractivity contribution < 1.29 is 9.90 Å². The number of nitrogens with one attached hydrogen (secondary N) is 1. The van der Waals surface area contributed by atoms with Crippen LogP contribution in [0.1, 0.15) is 19.4 Å². The number of carbonyl (C=O) groups is 1. The molecule has 1 aromatic rings. The van der Waals surface area contributed by atoms with E-state index in [1.54, 1.807) is 0 Å². The maximum atomic E-state index is 10.7. The Balaban J connectivity index is 0.000000980. The first kappa shape index (κ1) is 10.6. The van der Waals surface area contributed by atoms with Crippen LogP contribution >= 0.6 is 0 Å². The first-order valence-corrected chi connectivity index (χ1v) is 4.34. The van der Waals surface area contributed by atoms with E-state index < -0.39 is 12.0 Å². The Kier molecular flexibility index (Phi) is 3.12. The predicted octanol–water partition coefficient (Wildman–Crippen LogP) is 2.13. The van der Waals surface area contributed by atoms with E-state index in [1.165, 1.54) is 5.56 Å². The zero-order valence-corrected chi connectivity index (χ0v) is 7.16. The minimum atomic E-state index is -0.769. The maximum absolute atomic E-state index is 10.7. The molecule has 0 saturated heterocycles. The molecule has 3 heteroatoms. The summed E-state index contributed by atoms with van der Waals surface area (Å²) in [6, 6.07) is 7.41. The molecule has 76 valence electrons. The Morgan fingerprint density at radius 2 is 2.14 bits per heavy atom. The second-order valence-electron chi connectivity index (χ2n) is 3.23. The molecule has 2 N–H and O–H groups in total. The minimum absolute atomic E-state index is 0. The summed E-state index contributed by atoms with van der Waals surface area (Å²) < 4.78 is 0. The first-order chi connectivity index (χ1) is 6.27. The van der Waals surface area contributed by atoms with Crippen LogP contribution in [0.4, 0.5) is 5.69 Å². The second-order valence-corrected chi connectivity index (χ2v) is 3.23. The van der Waals surface area contributed by atoms with Gasteiger partial charge < -0.3 is 10.4 Å². The van der Waals surface area contributed by atoms with Crippen molar-refractivity contribution in [3.8, 4) is 0 Å². The highest BCUT2D eigenvalue weighted by Gasteiger charge is 2.22. The molecule has 1 atom stereocenters. The minimum Gasteiger partial charge on any atom is -0.480 e. The third-order valence-corrected chi connectivity index (χ3v) is 2.35. The van der Waals surface area contributed by atoms with Gasteiger partial charge in [0.1, 0.15) is 6.04 Å². The number of aliphatic carboxylic acids is 1. The van der Waals surface area contributed by atoms with Gasteiger partial charge in [-0.15, -0.1) is 0 Å².